The predicted molar refractivity (Wildman–Crippen MR) is 79.4 cm³/mol. The molecule has 1 unspecified atom stereocenters. The van der Waals surface area contributed by atoms with E-state index in [4.69, 9.17) is 17.4 Å². The molecule has 0 radical (unpaired) electrons. The minimum Gasteiger partial charge on any atom is -0.271 e. The molecule has 20 heavy (non-hydrogen) atoms. The van der Waals surface area contributed by atoms with Crippen LogP contribution in [0.5, 0.6) is 0 Å². The van der Waals surface area contributed by atoms with E-state index in [0.717, 1.165) is 0 Å². The van der Waals surface area contributed by atoms with E-state index in [2.05, 4.69) is 21.4 Å². The fourth-order valence-electron chi connectivity index (χ4n) is 2.02. The van der Waals surface area contributed by atoms with E-state index in [1.165, 1.54) is 12.1 Å². The summed E-state index contributed by atoms with van der Waals surface area (Å²) in [7, 11) is 0. The van der Waals surface area contributed by atoms with Gasteiger partial charge in [-0.15, -0.1) is 0 Å². The highest BCUT2D eigenvalue weighted by Crippen LogP contribution is 2.35. The summed E-state index contributed by atoms with van der Waals surface area (Å²) in [5, 5.41) is 0.357. The third-order valence-corrected chi connectivity index (χ3v) is 4.38. The molecule has 0 bridgehead atoms. The van der Waals surface area contributed by atoms with Gasteiger partial charge >= 0.3 is 0 Å². The fraction of sp³-hybridized carbons (Fsp3) is 0.143. The van der Waals surface area contributed by atoms with Gasteiger partial charge in [0.2, 0.25) is 0 Å². The second-order valence-electron chi connectivity index (χ2n) is 4.33. The molecule has 0 spiro atoms. The van der Waals surface area contributed by atoms with E-state index < -0.39 is 17.7 Å². The molecule has 2 rings (SSSR count). The minimum absolute atomic E-state index is 0.146. The van der Waals surface area contributed by atoms with Crippen molar-refractivity contribution in [3.8, 4) is 0 Å². The van der Waals surface area contributed by atoms with Crippen molar-refractivity contribution in [1.82, 2.24) is 5.43 Å². The van der Waals surface area contributed by atoms with Gasteiger partial charge in [-0.3, -0.25) is 5.84 Å². The zero-order valence-corrected chi connectivity index (χ0v) is 12.9. The van der Waals surface area contributed by atoms with Gasteiger partial charge in [-0.1, -0.05) is 29.8 Å². The van der Waals surface area contributed by atoms with Crippen LogP contribution in [0, 0.1) is 18.6 Å². The normalized spacial score (nSPS) is 12.5. The molecule has 106 valence electrons. The maximum Gasteiger partial charge on any atom is 0.134 e. The number of rotatable bonds is 3. The number of nitrogens with two attached hydrogens (primary N) is 1. The molecular weight excluding hydrogens is 350 g/mol. The van der Waals surface area contributed by atoms with E-state index in [1.54, 1.807) is 25.1 Å². The molecule has 0 aliphatic rings. The molecule has 0 heterocycles. The Morgan fingerprint density at radius 3 is 2.60 bits per heavy atom. The van der Waals surface area contributed by atoms with E-state index in [0.29, 0.717) is 20.6 Å². The third kappa shape index (κ3) is 2.72. The van der Waals surface area contributed by atoms with Crippen LogP contribution in [0.15, 0.2) is 34.8 Å². The number of hydrazine groups is 1. The van der Waals surface area contributed by atoms with Crippen molar-refractivity contribution in [1.29, 1.82) is 0 Å². The second kappa shape index (κ2) is 6.18. The van der Waals surface area contributed by atoms with Gasteiger partial charge in [0.1, 0.15) is 11.6 Å². The van der Waals surface area contributed by atoms with Crippen LogP contribution in [-0.2, 0) is 0 Å². The van der Waals surface area contributed by atoms with Crippen LogP contribution in [0.3, 0.4) is 0 Å². The van der Waals surface area contributed by atoms with Crippen molar-refractivity contribution in [2.24, 2.45) is 5.84 Å². The highest BCUT2D eigenvalue weighted by Gasteiger charge is 2.24. The lowest BCUT2D eigenvalue weighted by Gasteiger charge is -2.20. The Bertz CT molecular complexity index is 649. The molecule has 0 saturated heterocycles. The number of nitrogens with one attached hydrogen (secondary N) is 1. The van der Waals surface area contributed by atoms with Crippen LogP contribution in [0.1, 0.15) is 22.7 Å². The second-order valence-corrected chi connectivity index (χ2v) is 5.57. The molecule has 6 heteroatoms. The SMILES string of the molecule is Cc1ccc(F)c(C(NN)c2cccc(Br)c2Cl)c1F. The van der Waals surface area contributed by atoms with Gasteiger partial charge in [0, 0.05) is 10.0 Å². The van der Waals surface area contributed by atoms with Crippen LogP contribution < -0.4 is 11.3 Å². The van der Waals surface area contributed by atoms with Crippen LogP contribution >= 0.6 is 27.5 Å². The standard InChI is InChI=1S/C14H12BrClF2N2/c1-7-5-6-10(17)11(13(7)18)14(20-19)8-3-2-4-9(15)12(8)16/h2-6,14,20H,19H2,1H3. The van der Waals surface area contributed by atoms with Gasteiger partial charge < -0.3 is 0 Å². The molecular formula is C14H12BrClF2N2. The molecule has 0 aliphatic carbocycles. The van der Waals surface area contributed by atoms with Crippen molar-refractivity contribution < 1.29 is 8.78 Å². The Kier molecular flexibility index (Phi) is 4.75. The summed E-state index contributed by atoms with van der Waals surface area (Å²) in [6.07, 6.45) is 0. The Labute approximate surface area is 129 Å². The first-order valence-corrected chi connectivity index (χ1v) is 6.99. The molecule has 2 nitrogen and oxygen atoms in total. The topological polar surface area (TPSA) is 38.0 Å². The minimum atomic E-state index is -0.875. The molecule has 3 N–H and O–H groups in total. The van der Waals surface area contributed by atoms with Crippen LogP contribution in [-0.4, -0.2) is 0 Å². The number of benzene rings is 2. The van der Waals surface area contributed by atoms with E-state index in [9.17, 15) is 8.78 Å². The van der Waals surface area contributed by atoms with Gasteiger partial charge in [0.15, 0.2) is 0 Å². The smallest absolute Gasteiger partial charge is 0.134 e. The summed E-state index contributed by atoms with van der Waals surface area (Å²) in [6, 6.07) is 6.84. The molecule has 2 aromatic rings. The Balaban J connectivity index is 2.65. The summed E-state index contributed by atoms with van der Waals surface area (Å²) in [6.45, 7) is 1.56. The molecule has 0 aromatic heterocycles. The van der Waals surface area contributed by atoms with Gasteiger partial charge in [-0.05, 0) is 46.1 Å². The average Bonchev–Trinajstić information content (AvgIpc) is 2.43. The summed E-state index contributed by atoms with van der Waals surface area (Å²) in [5.74, 6) is 4.18. The molecule has 0 aliphatic heterocycles. The van der Waals surface area contributed by atoms with Crippen LogP contribution in [0.25, 0.3) is 0 Å². The number of halogens is 4. The van der Waals surface area contributed by atoms with E-state index >= 15 is 0 Å². The van der Waals surface area contributed by atoms with Crippen molar-refractivity contribution >= 4 is 27.5 Å². The number of hydrogen-bond donors (Lipinski definition) is 2. The van der Waals surface area contributed by atoms with E-state index in [-0.39, 0.29) is 5.56 Å². The van der Waals surface area contributed by atoms with Crippen LogP contribution in [0.4, 0.5) is 8.78 Å². The quantitative estimate of drug-likeness (QED) is 0.634. The Hall–Kier alpha value is -1.01. The molecule has 0 amide bonds. The molecule has 0 fully saturated rings. The third-order valence-electron chi connectivity index (χ3n) is 3.07. The lowest BCUT2D eigenvalue weighted by atomic mass is 9.96. The molecule has 0 saturated carbocycles. The van der Waals surface area contributed by atoms with Gasteiger partial charge in [0.05, 0.1) is 11.1 Å². The Morgan fingerprint density at radius 2 is 1.95 bits per heavy atom. The molecule has 2 aromatic carbocycles. The average molecular weight is 362 g/mol. The lowest BCUT2D eigenvalue weighted by Crippen LogP contribution is -2.30. The summed E-state index contributed by atoms with van der Waals surface area (Å²) >= 11 is 9.45. The zero-order chi connectivity index (χ0) is 14.9. The molecule has 1 atom stereocenters. The number of hydrogen-bond acceptors (Lipinski definition) is 2. The largest absolute Gasteiger partial charge is 0.271 e. The summed E-state index contributed by atoms with van der Waals surface area (Å²) < 4.78 is 28.9. The monoisotopic (exact) mass is 360 g/mol. The van der Waals surface area contributed by atoms with Gasteiger partial charge in [-0.25, -0.2) is 14.2 Å². The van der Waals surface area contributed by atoms with Gasteiger partial charge in [0.25, 0.3) is 0 Å². The van der Waals surface area contributed by atoms with Crippen molar-refractivity contribution in [3.05, 3.63) is 68.2 Å². The van der Waals surface area contributed by atoms with Crippen molar-refractivity contribution in [2.45, 2.75) is 13.0 Å². The summed E-state index contributed by atoms with van der Waals surface area (Å²) in [5.41, 5.74) is 3.11. The predicted octanol–water partition coefficient (Wildman–Crippen LogP) is 4.24. The van der Waals surface area contributed by atoms with Crippen LogP contribution in [0.2, 0.25) is 5.02 Å². The Morgan fingerprint density at radius 1 is 1.25 bits per heavy atom. The highest BCUT2D eigenvalue weighted by atomic mass is 79.9. The first-order chi connectivity index (χ1) is 9.47. The number of aryl methyl sites for hydroxylation is 1. The summed E-state index contributed by atoms with van der Waals surface area (Å²) in [4.78, 5) is 0. The fourth-order valence-corrected chi connectivity index (χ4v) is 2.63. The maximum absolute atomic E-state index is 14.2. The zero-order valence-electron chi connectivity index (χ0n) is 10.6. The highest BCUT2D eigenvalue weighted by molar-refractivity contribution is 9.10. The first kappa shape index (κ1) is 15.4. The van der Waals surface area contributed by atoms with Gasteiger partial charge in [-0.2, -0.15) is 0 Å². The maximum atomic E-state index is 14.2. The van der Waals surface area contributed by atoms with Crippen molar-refractivity contribution in [3.63, 3.8) is 0 Å². The lowest BCUT2D eigenvalue weighted by molar-refractivity contribution is 0.506. The first-order valence-electron chi connectivity index (χ1n) is 5.82. The van der Waals surface area contributed by atoms with E-state index in [1.807, 2.05) is 0 Å². The van der Waals surface area contributed by atoms with Crippen molar-refractivity contribution in [2.75, 3.05) is 0 Å².